The fourth-order valence-corrected chi connectivity index (χ4v) is 6.73. The van der Waals surface area contributed by atoms with Gasteiger partial charge in [0, 0.05) is 31.7 Å². The number of carbonyl (C=O) groups excluding carboxylic acids is 1. The Morgan fingerprint density at radius 1 is 1.11 bits per heavy atom. The number of morpholine rings is 1. The Kier molecular flexibility index (Phi) is 7.96. The first-order valence-corrected chi connectivity index (χ1v) is 14.0. The third-order valence-corrected chi connectivity index (χ3v) is 8.84. The maximum Gasteiger partial charge on any atom is 0.260 e. The Bertz CT molecular complexity index is 1310. The third kappa shape index (κ3) is 5.70. The van der Waals surface area contributed by atoms with Gasteiger partial charge in [-0.3, -0.25) is 9.69 Å². The number of benzene rings is 2. The molecule has 0 bridgehead atoms. The largest absolute Gasteiger partial charge is 0.497 e. The van der Waals surface area contributed by atoms with E-state index in [4.69, 9.17) is 9.47 Å². The number of carbonyl (C=O) groups is 1. The molecular weight excluding hydrogens is 500 g/mol. The molecule has 9 nitrogen and oxygen atoms in total. The molecule has 2 heterocycles. The van der Waals surface area contributed by atoms with Crippen LogP contribution in [0, 0.1) is 0 Å². The number of fused-ring (bicyclic) bond motifs is 1. The number of anilines is 1. The van der Waals surface area contributed by atoms with Crippen LogP contribution in [0.4, 0.5) is 5.13 Å². The van der Waals surface area contributed by atoms with Crippen LogP contribution in [0.25, 0.3) is 10.2 Å². The van der Waals surface area contributed by atoms with E-state index in [-0.39, 0.29) is 23.0 Å². The van der Waals surface area contributed by atoms with Crippen molar-refractivity contribution in [3.63, 3.8) is 0 Å². The maximum atomic E-state index is 13.6. The van der Waals surface area contributed by atoms with Gasteiger partial charge < -0.3 is 14.4 Å². The lowest BCUT2D eigenvalue weighted by atomic mass is 10.2. The Morgan fingerprint density at radius 2 is 1.78 bits per heavy atom. The van der Waals surface area contributed by atoms with E-state index < -0.39 is 10.0 Å². The average molecular weight is 533 g/mol. The SMILES string of the molecule is COc1ccc2nc(N(CCN(C)C)C(=O)c3ccc(S(=O)(=O)N4C[C@@H](C)O[C@H](C)C4)cc3)sc2c1. The van der Waals surface area contributed by atoms with Gasteiger partial charge in [-0.15, -0.1) is 0 Å². The van der Waals surface area contributed by atoms with Crippen molar-refractivity contribution < 1.29 is 22.7 Å². The molecule has 1 aliphatic rings. The molecule has 194 valence electrons. The molecule has 2 aromatic carbocycles. The van der Waals surface area contributed by atoms with Gasteiger partial charge in [0.1, 0.15) is 5.75 Å². The lowest BCUT2D eigenvalue weighted by Crippen LogP contribution is -2.48. The van der Waals surface area contributed by atoms with Gasteiger partial charge in [0.15, 0.2) is 5.13 Å². The first-order chi connectivity index (χ1) is 17.1. The zero-order chi connectivity index (χ0) is 26.0. The molecule has 1 amide bonds. The van der Waals surface area contributed by atoms with Gasteiger partial charge in [-0.1, -0.05) is 11.3 Å². The summed E-state index contributed by atoms with van der Waals surface area (Å²) in [5.74, 6) is 0.491. The molecule has 36 heavy (non-hydrogen) atoms. The standard InChI is InChI=1S/C25H32N4O5S2/c1-17-15-28(16-18(2)34-17)36(31,32)21-9-6-19(7-10-21)24(30)29(13-12-27(3)4)25-26-22-11-8-20(33-5)14-23(22)35-25/h6-11,14,17-18H,12-13,15-16H2,1-5H3/t17-,18-/m1/s1. The van der Waals surface area contributed by atoms with Crippen LogP contribution in [-0.2, 0) is 14.8 Å². The van der Waals surface area contributed by atoms with Crippen molar-refractivity contribution in [1.82, 2.24) is 14.2 Å². The molecule has 2 atom stereocenters. The van der Waals surface area contributed by atoms with Crippen LogP contribution in [0.3, 0.4) is 0 Å². The fraction of sp³-hybridized carbons (Fsp3) is 0.440. The summed E-state index contributed by atoms with van der Waals surface area (Å²) in [6.45, 7) is 5.40. The number of methoxy groups -OCH3 is 1. The van der Waals surface area contributed by atoms with Gasteiger partial charge in [0.25, 0.3) is 5.91 Å². The van der Waals surface area contributed by atoms with Crippen molar-refractivity contribution in [3.8, 4) is 5.75 Å². The van der Waals surface area contributed by atoms with E-state index in [1.165, 1.54) is 27.8 Å². The van der Waals surface area contributed by atoms with Gasteiger partial charge in [0.2, 0.25) is 10.0 Å². The number of aromatic nitrogens is 1. The normalized spacial score (nSPS) is 19.1. The van der Waals surface area contributed by atoms with Crippen LogP contribution >= 0.6 is 11.3 Å². The summed E-state index contributed by atoms with van der Waals surface area (Å²) in [7, 11) is 1.81. The number of likely N-dealkylation sites (N-methyl/N-ethyl adjacent to an activating group) is 1. The molecule has 1 fully saturated rings. The zero-order valence-corrected chi connectivity index (χ0v) is 22.8. The molecule has 0 radical (unpaired) electrons. The second-order valence-electron chi connectivity index (χ2n) is 9.19. The Morgan fingerprint density at radius 3 is 2.39 bits per heavy atom. The predicted molar refractivity (Wildman–Crippen MR) is 142 cm³/mol. The Balaban J connectivity index is 1.61. The monoisotopic (exact) mass is 532 g/mol. The summed E-state index contributed by atoms with van der Waals surface area (Å²) >= 11 is 1.42. The van der Waals surface area contributed by atoms with Gasteiger partial charge in [0.05, 0.1) is 34.4 Å². The second kappa shape index (κ2) is 10.8. The van der Waals surface area contributed by atoms with Crippen LogP contribution in [0.2, 0.25) is 0 Å². The molecular formula is C25H32N4O5S2. The molecule has 11 heteroatoms. The third-order valence-electron chi connectivity index (χ3n) is 5.96. The lowest BCUT2D eigenvalue weighted by molar-refractivity contribution is -0.0440. The minimum absolute atomic E-state index is 0.160. The molecule has 0 aliphatic carbocycles. The molecule has 4 rings (SSSR count). The minimum Gasteiger partial charge on any atom is -0.497 e. The average Bonchev–Trinajstić information content (AvgIpc) is 3.26. The number of sulfonamides is 1. The van der Waals surface area contributed by atoms with E-state index in [0.717, 1.165) is 16.0 Å². The molecule has 3 aromatic rings. The van der Waals surface area contributed by atoms with Gasteiger partial charge in [-0.25, -0.2) is 13.4 Å². The highest BCUT2D eigenvalue weighted by molar-refractivity contribution is 7.89. The molecule has 0 unspecified atom stereocenters. The van der Waals surface area contributed by atoms with E-state index in [0.29, 0.717) is 36.9 Å². The minimum atomic E-state index is -3.69. The lowest BCUT2D eigenvalue weighted by Gasteiger charge is -2.34. The summed E-state index contributed by atoms with van der Waals surface area (Å²) in [5, 5.41) is 0.582. The Labute approximate surface area is 216 Å². The van der Waals surface area contributed by atoms with E-state index in [9.17, 15) is 13.2 Å². The molecule has 1 aromatic heterocycles. The Hall–Kier alpha value is -2.57. The van der Waals surface area contributed by atoms with E-state index in [1.807, 2.05) is 51.0 Å². The number of ether oxygens (including phenoxy) is 2. The van der Waals surface area contributed by atoms with Crippen LogP contribution in [0.5, 0.6) is 5.75 Å². The molecule has 1 aliphatic heterocycles. The fourth-order valence-electron chi connectivity index (χ4n) is 4.12. The summed E-state index contributed by atoms with van der Waals surface area (Å²) in [6.07, 6.45) is -0.355. The summed E-state index contributed by atoms with van der Waals surface area (Å²) < 4.78 is 39.7. The topological polar surface area (TPSA) is 92.3 Å². The quantitative estimate of drug-likeness (QED) is 0.440. The summed E-state index contributed by atoms with van der Waals surface area (Å²) in [4.78, 5) is 22.1. The van der Waals surface area contributed by atoms with E-state index >= 15 is 0 Å². The van der Waals surface area contributed by atoms with Crippen LogP contribution in [0.15, 0.2) is 47.4 Å². The summed E-state index contributed by atoms with van der Waals surface area (Å²) in [5.41, 5.74) is 1.18. The highest BCUT2D eigenvalue weighted by atomic mass is 32.2. The second-order valence-corrected chi connectivity index (χ2v) is 12.1. The van der Waals surface area contributed by atoms with Gasteiger partial charge in [-0.05, 0) is 70.4 Å². The van der Waals surface area contributed by atoms with Crippen LogP contribution in [-0.4, -0.2) is 88.1 Å². The smallest absolute Gasteiger partial charge is 0.260 e. The van der Waals surface area contributed by atoms with Crippen LogP contribution in [0.1, 0.15) is 24.2 Å². The molecule has 0 spiro atoms. The first-order valence-electron chi connectivity index (χ1n) is 11.8. The first kappa shape index (κ1) is 26.5. The molecule has 0 saturated carbocycles. The number of nitrogens with zero attached hydrogens (tertiary/aromatic N) is 4. The highest BCUT2D eigenvalue weighted by Gasteiger charge is 2.32. The van der Waals surface area contributed by atoms with E-state index in [1.54, 1.807) is 24.1 Å². The van der Waals surface area contributed by atoms with Crippen molar-refractivity contribution in [2.24, 2.45) is 0 Å². The summed E-state index contributed by atoms with van der Waals surface area (Å²) in [6, 6.07) is 11.8. The maximum absolute atomic E-state index is 13.6. The van der Waals surface area contributed by atoms with E-state index in [2.05, 4.69) is 4.98 Å². The van der Waals surface area contributed by atoms with Crippen molar-refractivity contribution in [3.05, 3.63) is 48.0 Å². The highest BCUT2D eigenvalue weighted by Crippen LogP contribution is 2.32. The number of thiazole rings is 1. The van der Waals surface area contributed by atoms with Crippen LogP contribution < -0.4 is 9.64 Å². The predicted octanol–water partition coefficient (Wildman–Crippen LogP) is 3.31. The van der Waals surface area contributed by atoms with Crippen molar-refractivity contribution in [2.45, 2.75) is 31.0 Å². The van der Waals surface area contributed by atoms with Crippen molar-refractivity contribution in [1.29, 1.82) is 0 Å². The zero-order valence-electron chi connectivity index (χ0n) is 21.2. The number of hydrogen-bond acceptors (Lipinski definition) is 8. The van der Waals surface area contributed by atoms with Crippen molar-refractivity contribution >= 4 is 42.6 Å². The van der Waals surface area contributed by atoms with Gasteiger partial charge >= 0.3 is 0 Å². The number of rotatable bonds is 8. The molecule has 1 saturated heterocycles. The number of amides is 1. The molecule has 0 N–H and O–H groups in total. The van der Waals surface area contributed by atoms with Gasteiger partial charge in [-0.2, -0.15) is 4.31 Å². The number of hydrogen-bond donors (Lipinski definition) is 0. The van der Waals surface area contributed by atoms with Crippen molar-refractivity contribution in [2.75, 3.05) is 52.3 Å².